The van der Waals surface area contributed by atoms with Gasteiger partial charge in [0.1, 0.15) is 5.92 Å². The quantitative estimate of drug-likeness (QED) is 0.557. The number of carbonyl (C=O) groups excluding carboxylic acids is 2. The minimum absolute atomic E-state index is 0.00331. The number of hydrogen-bond donors (Lipinski definition) is 0. The third-order valence-electron chi connectivity index (χ3n) is 7.32. The van der Waals surface area contributed by atoms with Gasteiger partial charge in [0.25, 0.3) is 5.91 Å². The molecule has 0 radical (unpaired) electrons. The van der Waals surface area contributed by atoms with E-state index in [-0.39, 0.29) is 11.8 Å². The fourth-order valence-corrected chi connectivity index (χ4v) is 5.61. The molecule has 1 spiro atoms. The number of benzene rings is 3. The lowest BCUT2D eigenvalue weighted by Crippen LogP contribution is -2.54. The van der Waals surface area contributed by atoms with Crippen LogP contribution in [0, 0.1) is 5.92 Å². The number of fused-ring (bicyclic) bond motifs is 2. The zero-order valence-electron chi connectivity index (χ0n) is 20.1. The molecule has 3 aliphatic heterocycles. The van der Waals surface area contributed by atoms with Crippen LogP contribution >= 0.6 is 0 Å². The monoisotopic (exact) mass is 483 g/mol. The largest absolute Gasteiger partial charge is 0.378 e. The Labute approximate surface area is 210 Å². The molecule has 2 atom stereocenters. The van der Waals surface area contributed by atoms with E-state index in [9.17, 15) is 9.59 Å². The van der Waals surface area contributed by atoms with Gasteiger partial charge in [0.2, 0.25) is 11.6 Å². The Bertz CT molecular complexity index is 1250. The van der Waals surface area contributed by atoms with Crippen LogP contribution in [0.5, 0.6) is 0 Å². The topological polar surface area (TPSA) is 62.3 Å². The average molecular weight is 484 g/mol. The standard InChI is InChI=1S/C29H29N3O4/c33-27-24-13-7-8-14-25(24)29(32(27)20-23-11-5-2-6-12-23)26(28(34)30-15-17-35-18-16-30)21-31(36-29)19-22-9-3-1-4-10-22/h1-14,26H,15-21H2/t26-,29-/m1/s1. The van der Waals surface area contributed by atoms with Crippen molar-refractivity contribution in [1.82, 2.24) is 14.9 Å². The van der Waals surface area contributed by atoms with Gasteiger partial charge in [0.15, 0.2) is 0 Å². The van der Waals surface area contributed by atoms with E-state index in [1.807, 2.05) is 94.9 Å². The molecule has 0 N–H and O–H groups in total. The first kappa shape index (κ1) is 22.9. The van der Waals surface area contributed by atoms with Crippen LogP contribution in [0.15, 0.2) is 84.9 Å². The molecule has 0 aliphatic carbocycles. The molecule has 0 unspecified atom stereocenters. The Balaban J connectivity index is 1.44. The van der Waals surface area contributed by atoms with E-state index in [0.717, 1.165) is 16.7 Å². The van der Waals surface area contributed by atoms with Gasteiger partial charge in [-0.3, -0.25) is 19.3 Å². The summed E-state index contributed by atoms with van der Waals surface area (Å²) in [6, 6.07) is 27.5. The minimum atomic E-state index is -1.21. The molecule has 7 heteroatoms. The second kappa shape index (κ2) is 9.50. The Kier molecular flexibility index (Phi) is 6.05. The molecule has 3 aromatic rings. The number of amides is 2. The van der Waals surface area contributed by atoms with Crippen molar-refractivity contribution >= 4 is 11.8 Å². The van der Waals surface area contributed by atoms with Gasteiger partial charge in [0.05, 0.1) is 13.2 Å². The summed E-state index contributed by atoms with van der Waals surface area (Å²) >= 11 is 0. The van der Waals surface area contributed by atoms with Crippen molar-refractivity contribution in [1.29, 1.82) is 0 Å². The smallest absolute Gasteiger partial charge is 0.257 e. The van der Waals surface area contributed by atoms with Crippen LogP contribution in [-0.4, -0.2) is 59.5 Å². The van der Waals surface area contributed by atoms with E-state index >= 15 is 0 Å². The molecule has 2 fully saturated rings. The van der Waals surface area contributed by atoms with Crippen LogP contribution in [0.1, 0.15) is 27.0 Å². The number of morpholine rings is 1. The Hall–Kier alpha value is -3.52. The predicted octanol–water partition coefficient (Wildman–Crippen LogP) is 3.42. The molecular weight excluding hydrogens is 454 g/mol. The maximum Gasteiger partial charge on any atom is 0.257 e. The maximum atomic E-state index is 14.1. The second-order valence-corrected chi connectivity index (χ2v) is 9.51. The summed E-state index contributed by atoms with van der Waals surface area (Å²) in [4.78, 5) is 38.4. The highest BCUT2D eigenvalue weighted by Crippen LogP contribution is 2.51. The zero-order valence-corrected chi connectivity index (χ0v) is 20.1. The highest BCUT2D eigenvalue weighted by Gasteiger charge is 2.63. The number of hydrogen-bond acceptors (Lipinski definition) is 5. The first-order chi connectivity index (χ1) is 17.7. The van der Waals surface area contributed by atoms with Crippen LogP contribution in [0.2, 0.25) is 0 Å². The lowest BCUT2D eigenvalue weighted by molar-refractivity contribution is -0.254. The molecule has 184 valence electrons. The van der Waals surface area contributed by atoms with Crippen LogP contribution in [-0.2, 0) is 33.2 Å². The molecule has 36 heavy (non-hydrogen) atoms. The van der Waals surface area contributed by atoms with Gasteiger partial charge in [-0.2, -0.15) is 5.06 Å². The van der Waals surface area contributed by atoms with Crippen molar-refractivity contribution in [2.24, 2.45) is 5.92 Å². The van der Waals surface area contributed by atoms with Crippen LogP contribution < -0.4 is 0 Å². The van der Waals surface area contributed by atoms with E-state index in [1.165, 1.54) is 0 Å². The third-order valence-corrected chi connectivity index (χ3v) is 7.32. The Morgan fingerprint density at radius 2 is 1.44 bits per heavy atom. The SMILES string of the molecule is O=C([C@H]1CN(Cc2ccccc2)O[C@]12c1ccccc1C(=O)N2Cc1ccccc1)N1CCOCC1. The summed E-state index contributed by atoms with van der Waals surface area (Å²) in [5.41, 5.74) is 2.20. The normalized spacial score (nSPS) is 23.9. The summed E-state index contributed by atoms with van der Waals surface area (Å²) < 4.78 is 5.50. The van der Waals surface area contributed by atoms with E-state index in [0.29, 0.717) is 51.5 Å². The molecule has 7 nitrogen and oxygen atoms in total. The highest BCUT2D eigenvalue weighted by molar-refractivity contribution is 6.01. The predicted molar refractivity (Wildman–Crippen MR) is 133 cm³/mol. The molecule has 2 amide bonds. The summed E-state index contributed by atoms with van der Waals surface area (Å²) in [5, 5.41) is 1.85. The Morgan fingerprint density at radius 1 is 0.833 bits per heavy atom. The van der Waals surface area contributed by atoms with Crippen molar-refractivity contribution in [2.75, 3.05) is 32.8 Å². The highest BCUT2D eigenvalue weighted by atomic mass is 16.7. The van der Waals surface area contributed by atoms with Gasteiger partial charge in [0, 0.05) is 43.9 Å². The molecule has 3 aliphatic rings. The number of ether oxygens (including phenoxy) is 1. The fraction of sp³-hybridized carbons (Fsp3) is 0.310. The first-order valence-corrected chi connectivity index (χ1v) is 12.5. The van der Waals surface area contributed by atoms with Crippen molar-refractivity contribution in [3.05, 3.63) is 107 Å². The molecule has 0 bridgehead atoms. The maximum absolute atomic E-state index is 14.1. The zero-order chi connectivity index (χ0) is 24.5. The van der Waals surface area contributed by atoms with Crippen molar-refractivity contribution in [3.63, 3.8) is 0 Å². The number of nitrogens with zero attached hydrogens (tertiary/aromatic N) is 3. The van der Waals surface area contributed by atoms with Gasteiger partial charge in [-0.15, -0.1) is 0 Å². The van der Waals surface area contributed by atoms with Crippen LogP contribution in [0.25, 0.3) is 0 Å². The third kappa shape index (κ3) is 3.89. The summed E-state index contributed by atoms with van der Waals surface area (Å²) in [6.07, 6.45) is 0. The van der Waals surface area contributed by atoms with Crippen molar-refractivity contribution in [3.8, 4) is 0 Å². The van der Waals surface area contributed by atoms with E-state index in [4.69, 9.17) is 9.57 Å². The molecule has 3 aromatic carbocycles. The summed E-state index contributed by atoms with van der Waals surface area (Å²) in [5.74, 6) is -0.692. The lowest BCUT2D eigenvalue weighted by atomic mass is 9.87. The van der Waals surface area contributed by atoms with Crippen molar-refractivity contribution in [2.45, 2.75) is 18.8 Å². The summed E-state index contributed by atoms with van der Waals surface area (Å²) in [6.45, 7) is 3.37. The summed E-state index contributed by atoms with van der Waals surface area (Å²) in [7, 11) is 0. The minimum Gasteiger partial charge on any atom is -0.378 e. The van der Waals surface area contributed by atoms with E-state index < -0.39 is 11.6 Å². The first-order valence-electron chi connectivity index (χ1n) is 12.5. The second-order valence-electron chi connectivity index (χ2n) is 9.51. The van der Waals surface area contributed by atoms with Crippen LogP contribution in [0.4, 0.5) is 0 Å². The molecule has 2 saturated heterocycles. The number of carbonyl (C=O) groups is 2. The van der Waals surface area contributed by atoms with E-state index in [2.05, 4.69) is 0 Å². The Morgan fingerprint density at radius 3 is 2.14 bits per heavy atom. The molecule has 6 rings (SSSR count). The molecule has 0 saturated carbocycles. The van der Waals surface area contributed by atoms with E-state index in [1.54, 1.807) is 4.90 Å². The van der Waals surface area contributed by atoms with Gasteiger partial charge in [-0.05, 0) is 17.2 Å². The van der Waals surface area contributed by atoms with Crippen molar-refractivity contribution < 1.29 is 19.2 Å². The average Bonchev–Trinajstić information content (AvgIpc) is 3.42. The molecular formula is C29H29N3O4. The fourth-order valence-electron chi connectivity index (χ4n) is 5.61. The van der Waals surface area contributed by atoms with Crippen LogP contribution in [0.3, 0.4) is 0 Å². The van der Waals surface area contributed by atoms with Gasteiger partial charge in [-0.1, -0.05) is 78.9 Å². The molecule has 0 aromatic heterocycles. The van der Waals surface area contributed by atoms with Gasteiger partial charge in [-0.25, -0.2) is 0 Å². The number of hydroxylamine groups is 2. The lowest BCUT2D eigenvalue weighted by Gasteiger charge is -2.40. The van der Waals surface area contributed by atoms with Gasteiger partial charge >= 0.3 is 0 Å². The van der Waals surface area contributed by atoms with Gasteiger partial charge < -0.3 is 9.64 Å². The molecule has 3 heterocycles. The number of rotatable bonds is 5.